The molecule has 12 heavy (non-hydrogen) atoms. The standard InChI is InChI=1S/C9H17N3/c10-5-2-6-12-9-4-1-3-8(9)7-11/h8-9,12H,1-4,6-7,11H2. The van der Waals surface area contributed by atoms with Crippen LogP contribution in [0.3, 0.4) is 0 Å². The zero-order valence-electron chi connectivity index (χ0n) is 7.42. The SMILES string of the molecule is N#CCCNC1CCCC1CN. The Hall–Kier alpha value is -0.590. The van der Waals surface area contributed by atoms with Crippen LogP contribution in [-0.2, 0) is 0 Å². The molecule has 0 aliphatic heterocycles. The van der Waals surface area contributed by atoms with Gasteiger partial charge >= 0.3 is 0 Å². The van der Waals surface area contributed by atoms with Gasteiger partial charge in [-0.1, -0.05) is 6.42 Å². The summed E-state index contributed by atoms with van der Waals surface area (Å²) in [4.78, 5) is 0. The van der Waals surface area contributed by atoms with Crippen molar-refractivity contribution in [1.29, 1.82) is 5.26 Å². The number of nitrogens with two attached hydrogens (primary N) is 1. The van der Waals surface area contributed by atoms with Crippen molar-refractivity contribution in [3.8, 4) is 6.07 Å². The number of hydrogen-bond acceptors (Lipinski definition) is 3. The topological polar surface area (TPSA) is 61.8 Å². The number of nitriles is 1. The molecular weight excluding hydrogens is 150 g/mol. The van der Waals surface area contributed by atoms with E-state index in [1.54, 1.807) is 0 Å². The predicted molar refractivity (Wildman–Crippen MR) is 48.4 cm³/mol. The second-order valence-electron chi connectivity index (χ2n) is 3.40. The first-order chi connectivity index (χ1) is 5.88. The van der Waals surface area contributed by atoms with E-state index in [0.717, 1.165) is 13.1 Å². The molecular formula is C9H17N3. The van der Waals surface area contributed by atoms with Gasteiger partial charge in [-0.15, -0.1) is 0 Å². The molecule has 1 saturated carbocycles. The molecule has 1 aliphatic rings. The minimum atomic E-state index is 0.573. The molecule has 0 aromatic rings. The zero-order valence-corrected chi connectivity index (χ0v) is 7.42. The van der Waals surface area contributed by atoms with Crippen molar-refractivity contribution in [3.05, 3.63) is 0 Å². The maximum Gasteiger partial charge on any atom is 0.0635 e. The molecule has 0 radical (unpaired) electrons. The van der Waals surface area contributed by atoms with Gasteiger partial charge in [-0.2, -0.15) is 5.26 Å². The number of hydrogen-bond donors (Lipinski definition) is 2. The molecule has 0 aromatic heterocycles. The molecule has 68 valence electrons. The van der Waals surface area contributed by atoms with Crippen LogP contribution in [0.25, 0.3) is 0 Å². The Bertz CT molecular complexity index is 162. The highest BCUT2D eigenvalue weighted by Gasteiger charge is 2.24. The van der Waals surface area contributed by atoms with E-state index in [9.17, 15) is 0 Å². The van der Waals surface area contributed by atoms with E-state index in [1.165, 1.54) is 19.3 Å². The van der Waals surface area contributed by atoms with Gasteiger partial charge in [-0.25, -0.2) is 0 Å². The van der Waals surface area contributed by atoms with E-state index >= 15 is 0 Å². The molecule has 1 fully saturated rings. The summed E-state index contributed by atoms with van der Waals surface area (Å²) < 4.78 is 0. The molecule has 3 nitrogen and oxygen atoms in total. The smallest absolute Gasteiger partial charge is 0.0635 e. The lowest BCUT2D eigenvalue weighted by Crippen LogP contribution is -2.36. The lowest BCUT2D eigenvalue weighted by atomic mass is 10.0. The third kappa shape index (κ3) is 2.47. The largest absolute Gasteiger partial charge is 0.330 e. The van der Waals surface area contributed by atoms with Crippen LogP contribution < -0.4 is 11.1 Å². The number of nitrogens with one attached hydrogen (secondary N) is 1. The summed E-state index contributed by atoms with van der Waals surface area (Å²) >= 11 is 0. The Morgan fingerprint density at radius 2 is 2.33 bits per heavy atom. The van der Waals surface area contributed by atoms with Crippen molar-refractivity contribution in [2.75, 3.05) is 13.1 Å². The van der Waals surface area contributed by atoms with Crippen LogP contribution in [0.2, 0.25) is 0 Å². The summed E-state index contributed by atoms with van der Waals surface area (Å²) in [5.41, 5.74) is 5.62. The van der Waals surface area contributed by atoms with Crippen LogP contribution in [0.15, 0.2) is 0 Å². The Labute approximate surface area is 73.9 Å². The van der Waals surface area contributed by atoms with Gasteiger partial charge in [0, 0.05) is 19.0 Å². The summed E-state index contributed by atoms with van der Waals surface area (Å²) in [6.45, 7) is 1.60. The molecule has 1 aliphatic carbocycles. The Morgan fingerprint density at radius 3 is 3.00 bits per heavy atom. The lowest BCUT2D eigenvalue weighted by Gasteiger charge is -2.18. The molecule has 3 heteroatoms. The third-order valence-corrected chi connectivity index (χ3v) is 2.61. The van der Waals surface area contributed by atoms with Crippen molar-refractivity contribution >= 4 is 0 Å². The Balaban J connectivity index is 2.18. The van der Waals surface area contributed by atoms with E-state index in [2.05, 4.69) is 11.4 Å². The van der Waals surface area contributed by atoms with Crippen LogP contribution in [0.1, 0.15) is 25.7 Å². The fourth-order valence-electron chi connectivity index (χ4n) is 1.90. The van der Waals surface area contributed by atoms with E-state index in [4.69, 9.17) is 11.0 Å². The monoisotopic (exact) mass is 167 g/mol. The summed E-state index contributed by atoms with van der Waals surface area (Å²) in [5, 5.41) is 11.7. The molecule has 0 spiro atoms. The lowest BCUT2D eigenvalue weighted by molar-refractivity contribution is 0.412. The van der Waals surface area contributed by atoms with Crippen LogP contribution in [-0.4, -0.2) is 19.1 Å². The van der Waals surface area contributed by atoms with E-state index in [0.29, 0.717) is 18.4 Å². The average Bonchev–Trinajstić information content (AvgIpc) is 2.52. The minimum absolute atomic E-state index is 0.573. The summed E-state index contributed by atoms with van der Waals surface area (Å²) in [5.74, 6) is 0.642. The molecule has 0 heterocycles. The van der Waals surface area contributed by atoms with Gasteiger partial charge in [0.05, 0.1) is 6.07 Å². The molecule has 0 amide bonds. The Kier molecular flexibility index (Phi) is 4.06. The highest BCUT2D eigenvalue weighted by molar-refractivity contribution is 4.84. The van der Waals surface area contributed by atoms with E-state index < -0.39 is 0 Å². The van der Waals surface area contributed by atoms with Crippen LogP contribution >= 0.6 is 0 Å². The van der Waals surface area contributed by atoms with Crippen molar-refractivity contribution < 1.29 is 0 Å². The molecule has 2 unspecified atom stereocenters. The van der Waals surface area contributed by atoms with Crippen LogP contribution in [0.4, 0.5) is 0 Å². The normalized spacial score (nSPS) is 28.7. The van der Waals surface area contributed by atoms with Crippen LogP contribution in [0.5, 0.6) is 0 Å². The molecule has 0 bridgehead atoms. The predicted octanol–water partition coefficient (Wildman–Crippen LogP) is 0.617. The minimum Gasteiger partial charge on any atom is -0.330 e. The first kappa shape index (κ1) is 9.50. The fourth-order valence-corrected chi connectivity index (χ4v) is 1.90. The first-order valence-corrected chi connectivity index (χ1v) is 4.69. The quantitative estimate of drug-likeness (QED) is 0.603. The molecule has 0 saturated heterocycles. The molecule has 0 aromatic carbocycles. The van der Waals surface area contributed by atoms with E-state index in [-0.39, 0.29) is 0 Å². The second kappa shape index (κ2) is 5.13. The van der Waals surface area contributed by atoms with Gasteiger partial charge in [-0.05, 0) is 25.3 Å². The highest BCUT2D eigenvalue weighted by atomic mass is 14.9. The second-order valence-corrected chi connectivity index (χ2v) is 3.40. The van der Waals surface area contributed by atoms with Crippen molar-refractivity contribution in [2.24, 2.45) is 11.7 Å². The molecule has 2 atom stereocenters. The fraction of sp³-hybridized carbons (Fsp3) is 0.889. The van der Waals surface area contributed by atoms with Crippen molar-refractivity contribution in [2.45, 2.75) is 31.7 Å². The summed E-state index contributed by atoms with van der Waals surface area (Å²) in [7, 11) is 0. The van der Waals surface area contributed by atoms with Gasteiger partial charge < -0.3 is 11.1 Å². The third-order valence-electron chi connectivity index (χ3n) is 2.61. The number of rotatable bonds is 4. The molecule has 3 N–H and O–H groups in total. The van der Waals surface area contributed by atoms with Crippen LogP contribution in [0, 0.1) is 17.2 Å². The Morgan fingerprint density at radius 1 is 1.50 bits per heavy atom. The van der Waals surface area contributed by atoms with Crippen molar-refractivity contribution in [3.63, 3.8) is 0 Å². The average molecular weight is 167 g/mol. The zero-order chi connectivity index (χ0) is 8.81. The van der Waals surface area contributed by atoms with Crippen molar-refractivity contribution in [1.82, 2.24) is 5.32 Å². The molecule has 1 rings (SSSR count). The first-order valence-electron chi connectivity index (χ1n) is 4.69. The van der Waals surface area contributed by atoms with Gasteiger partial charge in [-0.3, -0.25) is 0 Å². The maximum atomic E-state index is 8.35. The van der Waals surface area contributed by atoms with Gasteiger partial charge in [0.2, 0.25) is 0 Å². The van der Waals surface area contributed by atoms with Gasteiger partial charge in [0.1, 0.15) is 0 Å². The van der Waals surface area contributed by atoms with Gasteiger partial charge in [0.25, 0.3) is 0 Å². The maximum absolute atomic E-state index is 8.35. The summed E-state index contributed by atoms with van der Waals surface area (Å²) in [6, 6.07) is 2.70. The highest BCUT2D eigenvalue weighted by Crippen LogP contribution is 2.24. The summed E-state index contributed by atoms with van der Waals surface area (Å²) in [6.07, 6.45) is 4.37. The number of nitrogens with zero attached hydrogens (tertiary/aromatic N) is 1. The van der Waals surface area contributed by atoms with E-state index in [1.807, 2.05) is 0 Å². The van der Waals surface area contributed by atoms with Gasteiger partial charge in [0.15, 0.2) is 0 Å².